The van der Waals surface area contributed by atoms with E-state index in [4.69, 9.17) is 17.3 Å². The van der Waals surface area contributed by atoms with Crippen molar-refractivity contribution in [1.29, 1.82) is 0 Å². The molecule has 0 spiro atoms. The number of halogens is 1. The van der Waals surface area contributed by atoms with Crippen molar-refractivity contribution in [2.45, 2.75) is 6.42 Å². The fourth-order valence-electron chi connectivity index (χ4n) is 1.03. The number of nitrogens with zero attached hydrogens (tertiary/aromatic N) is 1. The average Bonchev–Trinajstić information content (AvgIpc) is 2.15. The molecule has 0 unspecified atom stereocenters. The average molecular weight is 232 g/mol. The second-order valence-electron chi connectivity index (χ2n) is 2.86. The molecule has 1 heterocycles. The monoisotopic (exact) mass is 231 g/mol. The van der Waals surface area contributed by atoms with Crippen LogP contribution in [-0.2, 0) is 0 Å². The van der Waals surface area contributed by atoms with Crippen molar-refractivity contribution >= 4 is 34.9 Å². The van der Waals surface area contributed by atoms with Crippen LogP contribution < -0.4 is 11.1 Å². The van der Waals surface area contributed by atoms with Gasteiger partial charge in [-0.15, -0.1) is 0 Å². The summed E-state index contributed by atoms with van der Waals surface area (Å²) in [5.41, 5.74) is 6.32. The number of nitrogens with one attached hydrogen (secondary N) is 1. The normalized spacial score (nSPS) is 10.1. The first kappa shape index (κ1) is 11.5. The number of nitrogens with two attached hydrogens (primary N) is 1. The van der Waals surface area contributed by atoms with Crippen molar-refractivity contribution in [3.63, 3.8) is 0 Å². The van der Waals surface area contributed by atoms with Crippen molar-refractivity contribution in [2.24, 2.45) is 0 Å². The first-order valence-corrected chi connectivity index (χ1v) is 6.15. The van der Waals surface area contributed by atoms with Crippen LogP contribution >= 0.6 is 23.4 Å². The maximum atomic E-state index is 5.73. The van der Waals surface area contributed by atoms with E-state index in [1.807, 2.05) is 11.8 Å². The zero-order chi connectivity index (χ0) is 10.4. The van der Waals surface area contributed by atoms with E-state index in [1.165, 1.54) is 0 Å². The number of aromatic nitrogens is 1. The number of anilines is 2. The predicted octanol–water partition coefficient (Wildman–Crippen LogP) is 2.48. The van der Waals surface area contributed by atoms with Gasteiger partial charge in [0.25, 0.3) is 0 Å². The minimum atomic E-state index is 0.567. The number of pyridine rings is 1. The summed E-state index contributed by atoms with van der Waals surface area (Å²) in [6, 6.07) is 1.70. The van der Waals surface area contributed by atoms with Gasteiger partial charge in [-0.3, -0.25) is 0 Å². The summed E-state index contributed by atoms with van der Waals surface area (Å²) in [4.78, 5) is 4.10. The van der Waals surface area contributed by atoms with E-state index < -0.39 is 0 Å². The van der Waals surface area contributed by atoms with Gasteiger partial charge in [0.05, 0.1) is 10.7 Å². The molecule has 78 valence electrons. The quantitative estimate of drug-likeness (QED) is 0.765. The molecule has 3 nitrogen and oxygen atoms in total. The van der Waals surface area contributed by atoms with E-state index >= 15 is 0 Å². The maximum absolute atomic E-state index is 5.73. The lowest BCUT2D eigenvalue weighted by molar-refractivity contribution is 0.983. The van der Waals surface area contributed by atoms with E-state index in [0.717, 1.165) is 24.5 Å². The second-order valence-corrected chi connectivity index (χ2v) is 4.29. The lowest BCUT2D eigenvalue weighted by atomic mass is 10.4. The molecule has 0 aliphatic rings. The molecule has 0 radical (unpaired) electrons. The third kappa shape index (κ3) is 3.64. The van der Waals surface area contributed by atoms with E-state index in [1.54, 1.807) is 12.3 Å². The molecule has 0 aliphatic carbocycles. The van der Waals surface area contributed by atoms with Crippen LogP contribution in [0.4, 0.5) is 11.5 Å². The van der Waals surface area contributed by atoms with Gasteiger partial charge in [0.2, 0.25) is 0 Å². The summed E-state index contributed by atoms with van der Waals surface area (Å²) in [5, 5.41) is 3.73. The smallest absolute Gasteiger partial charge is 0.149 e. The lowest BCUT2D eigenvalue weighted by Gasteiger charge is -2.07. The Morgan fingerprint density at radius 2 is 2.43 bits per heavy atom. The molecule has 0 atom stereocenters. The molecule has 3 N–H and O–H groups in total. The standard InChI is InChI=1S/C9H14ClN3S/c1-14-4-2-3-12-9-8(11)5-7(10)6-13-9/h5-6H,2-4,11H2,1H3,(H,12,13). The molecule has 0 aromatic carbocycles. The van der Waals surface area contributed by atoms with Crippen LogP contribution in [-0.4, -0.2) is 23.5 Å². The van der Waals surface area contributed by atoms with Crippen LogP contribution in [0.25, 0.3) is 0 Å². The minimum Gasteiger partial charge on any atom is -0.396 e. The van der Waals surface area contributed by atoms with Gasteiger partial charge in [-0.05, 0) is 24.5 Å². The summed E-state index contributed by atoms with van der Waals surface area (Å²) in [5.74, 6) is 1.86. The summed E-state index contributed by atoms with van der Waals surface area (Å²) in [6.07, 6.45) is 4.79. The largest absolute Gasteiger partial charge is 0.396 e. The van der Waals surface area contributed by atoms with Gasteiger partial charge in [0, 0.05) is 12.7 Å². The molecule has 1 aromatic heterocycles. The number of rotatable bonds is 5. The molecule has 5 heteroatoms. The SMILES string of the molecule is CSCCCNc1ncc(Cl)cc1N. The molecule has 0 amide bonds. The number of thioether (sulfide) groups is 1. The molecular formula is C9H14ClN3S. The molecule has 0 bridgehead atoms. The Balaban J connectivity index is 2.42. The fraction of sp³-hybridized carbons (Fsp3) is 0.444. The van der Waals surface area contributed by atoms with E-state index in [9.17, 15) is 0 Å². The topological polar surface area (TPSA) is 50.9 Å². The van der Waals surface area contributed by atoms with Crippen molar-refractivity contribution < 1.29 is 0 Å². The van der Waals surface area contributed by atoms with Crippen molar-refractivity contribution in [1.82, 2.24) is 4.98 Å². The van der Waals surface area contributed by atoms with Crippen LogP contribution in [0.1, 0.15) is 6.42 Å². The van der Waals surface area contributed by atoms with E-state index in [-0.39, 0.29) is 0 Å². The van der Waals surface area contributed by atoms with Gasteiger partial charge >= 0.3 is 0 Å². The molecule has 0 saturated carbocycles. The van der Waals surface area contributed by atoms with Gasteiger partial charge in [-0.25, -0.2) is 4.98 Å². The van der Waals surface area contributed by atoms with E-state index in [0.29, 0.717) is 10.7 Å². The molecule has 1 rings (SSSR count). The lowest BCUT2D eigenvalue weighted by Crippen LogP contribution is -2.06. The van der Waals surface area contributed by atoms with Crippen LogP contribution in [0, 0.1) is 0 Å². The molecule has 14 heavy (non-hydrogen) atoms. The minimum absolute atomic E-state index is 0.567. The zero-order valence-electron chi connectivity index (χ0n) is 8.09. The van der Waals surface area contributed by atoms with E-state index in [2.05, 4.69) is 16.6 Å². The van der Waals surface area contributed by atoms with Crippen LogP contribution in [0.3, 0.4) is 0 Å². The highest BCUT2D eigenvalue weighted by molar-refractivity contribution is 7.98. The Kier molecular flexibility index (Phi) is 4.90. The van der Waals surface area contributed by atoms with Crippen molar-refractivity contribution in [3.8, 4) is 0 Å². The zero-order valence-corrected chi connectivity index (χ0v) is 9.66. The highest BCUT2D eigenvalue weighted by Gasteiger charge is 1.99. The number of hydrogen-bond donors (Lipinski definition) is 2. The Morgan fingerprint density at radius 3 is 3.07 bits per heavy atom. The predicted molar refractivity (Wildman–Crippen MR) is 65.1 cm³/mol. The Morgan fingerprint density at radius 1 is 1.64 bits per heavy atom. The Hall–Kier alpha value is -0.610. The first-order chi connectivity index (χ1) is 6.74. The molecule has 0 fully saturated rings. The van der Waals surface area contributed by atoms with Gasteiger partial charge < -0.3 is 11.1 Å². The van der Waals surface area contributed by atoms with Gasteiger partial charge in [-0.1, -0.05) is 11.6 Å². The van der Waals surface area contributed by atoms with Crippen molar-refractivity contribution in [3.05, 3.63) is 17.3 Å². The van der Waals surface area contributed by atoms with Crippen LogP contribution in [0.2, 0.25) is 5.02 Å². The maximum Gasteiger partial charge on any atom is 0.149 e. The summed E-state index contributed by atoms with van der Waals surface area (Å²) < 4.78 is 0. The summed E-state index contributed by atoms with van der Waals surface area (Å²) in [7, 11) is 0. The second kappa shape index (κ2) is 5.98. The molecule has 1 aromatic rings. The number of nitrogen functional groups attached to an aromatic ring is 1. The molecular weight excluding hydrogens is 218 g/mol. The van der Waals surface area contributed by atoms with Crippen molar-refractivity contribution in [2.75, 3.05) is 29.6 Å². The highest BCUT2D eigenvalue weighted by Crippen LogP contribution is 2.19. The highest BCUT2D eigenvalue weighted by atomic mass is 35.5. The van der Waals surface area contributed by atoms with Gasteiger partial charge in [-0.2, -0.15) is 11.8 Å². The summed E-state index contributed by atoms with van der Waals surface area (Å²) in [6.45, 7) is 0.889. The first-order valence-electron chi connectivity index (χ1n) is 4.38. The Labute approximate surface area is 93.4 Å². The van der Waals surface area contributed by atoms with Crippen LogP contribution in [0.5, 0.6) is 0 Å². The third-order valence-corrected chi connectivity index (χ3v) is 2.61. The number of hydrogen-bond acceptors (Lipinski definition) is 4. The third-order valence-electron chi connectivity index (χ3n) is 1.70. The van der Waals surface area contributed by atoms with Crippen LogP contribution in [0.15, 0.2) is 12.3 Å². The molecule has 0 saturated heterocycles. The Bertz CT molecular complexity index is 293. The van der Waals surface area contributed by atoms with Gasteiger partial charge in [0.15, 0.2) is 0 Å². The fourth-order valence-corrected chi connectivity index (χ4v) is 1.63. The van der Waals surface area contributed by atoms with Gasteiger partial charge in [0.1, 0.15) is 5.82 Å². The summed E-state index contributed by atoms with van der Waals surface area (Å²) >= 11 is 7.56. The molecule has 0 aliphatic heterocycles.